The van der Waals surface area contributed by atoms with Crippen molar-refractivity contribution in [1.29, 1.82) is 5.26 Å². The Morgan fingerprint density at radius 3 is 2.79 bits per heavy atom. The van der Waals surface area contributed by atoms with Crippen LogP contribution >= 0.6 is 11.8 Å². The van der Waals surface area contributed by atoms with Gasteiger partial charge in [0.05, 0.1) is 0 Å². The van der Waals surface area contributed by atoms with Crippen LogP contribution in [0.5, 0.6) is 0 Å². The van der Waals surface area contributed by atoms with E-state index in [9.17, 15) is 0 Å². The van der Waals surface area contributed by atoms with Crippen LogP contribution in [0.15, 0.2) is 28.4 Å². The Labute approximate surface area is 145 Å². The first-order valence-corrected chi connectivity index (χ1v) is 8.72. The molecular formula is C17H18N6S. The van der Waals surface area contributed by atoms with Crippen LogP contribution in [0.3, 0.4) is 0 Å². The van der Waals surface area contributed by atoms with Gasteiger partial charge in [0.2, 0.25) is 5.16 Å². The second-order valence-corrected chi connectivity index (χ2v) is 6.53. The highest BCUT2D eigenvalue weighted by atomic mass is 32.2. The van der Waals surface area contributed by atoms with Crippen LogP contribution in [0.4, 0.5) is 0 Å². The fourth-order valence-electron chi connectivity index (χ4n) is 2.58. The highest BCUT2D eigenvalue weighted by Gasteiger charge is 2.14. The Hall–Kier alpha value is -2.46. The van der Waals surface area contributed by atoms with Crippen molar-refractivity contribution in [3.05, 3.63) is 40.8 Å². The molecule has 7 heteroatoms. The molecule has 24 heavy (non-hydrogen) atoms. The topological polar surface area (TPSA) is 79.8 Å². The maximum atomic E-state index is 8.94. The van der Waals surface area contributed by atoms with Crippen molar-refractivity contribution in [1.82, 2.24) is 24.6 Å². The SMILES string of the molecule is CCCCc1c(C)nc2nc(Sc3cccc(C#N)n3)nn2c1C. The first kappa shape index (κ1) is 16.4. The summed E-state index contributed by atoms with van der Waals surface area (Å²) in [4.78, 5) is 13.3. The maximum absolute atomic E-state index is 8.94. The van der Waals surface area contributed by atoms with Crippen molar-refractivity contribution < 1.29 is 0 Å². The molecular weight excluding hydrogens is 320 g/mol. The van der Waals surface area contributed by atoms with Gasteiger partial charge in [0, 0.05) is 11.4 Å². The van der Waals surface area contributed by atoms with Gasteiger partial charge < -0.3 is 0 Å². The van der Waals surface area contributed by atoms with Gasteiger partial charge in [-0.15, -0.1) is 5.10 Å². The summed E-state index contributed by atoms with van der Waals surface area (Å²) in [5, 5.41) is 14.8. The number of rotatable bonds is 5. The van der Waals surface area contributed by atoms with Gasteiger partial charge in [-0.3, -0.25) is 0 Å². The van der Waals surface area contributed by atoms with Crippen molar-refractivity contribution in [2.45, 2.75) is 50.2 Å². The maximum Gasteiger partial charge on any atom is 0.253 e. The van der Waals surface area contributed by atoms with E-state index in [2.05, 4.69) is 33.9 Å². The zero-order chi connectivity index (χ0) is 17.1. The minimum atomic E-state index is 0.385. The standard InChI is InChI=1S/C17H18N6S/c1-4-5-8-14-11(2)19-16-21-17(22-23(16)12(14)3)24-15-9-6-7-13(10-18)20-15/h6-7,9H,4-5,8H2,1-3H3. The average molecular weight is 338 g/mol. The van der Waals surface area contributed by atoms with Gasteiger partial charge in [-0.1, -0.05) is 19.4 Å². The lowest BCUT2D eigenvalue weighted by atomic mass is 10.1. The van der Waals surface area contributed by atoms with Crippen molar-refractivity contribution in [3.8, 4) is 6.07 Å². The van der Waals surface area contributed by atoms with E-state index in [-0.39, 0.29) is 0 Å². The van der Waals surface area contributed by atoms with E-state index < -0.39 is 0 Å². The molecule has 0 N–H and O–H groups in total. The molecule has 0 bridgehead atoms. The molecule has 0 atom stereocenters. The van der Waals surface area contributed by atoms with E-state index in [1.807, 2.05) is 19.1 Å². The van der Waals surface area contributed by atoms with Gasteiger partial charge in [-0.2, -0.15) is 10.2 Å². The third-order valence-electron chi connectivity index (χ3n) is 3.84. The van der Waals surface area contributed by atoms with Crippen molar-refractivity contribution >= 4 is 17.5 Å². The molecule has 3 aromatic heterocycles. The minimum absolute atomic E-state index is 0.385. The lowest BCUT2D eigenvalue weighted by Gasteiger charge is -2.09. The highest BCUT2D eigenvalue weighted by molar-refractivity contribution is 7.99. The molecule has 3 heterocycles. The van der Waals surface area contributed by atoms with Crippen LogP contribution in [0.1, 0.15) is 42.4 Å². The summed E-state index contributed by atoms with van der Waals surface area (Å²) in [6.45, 7) is 6.27. The predicted molar refractivity (Wildman–Crippen MR) is 91.9 cm³/mol. The number of nitrogens with zero attached hydrogens (tertiary/aromatic N) is 6. The number of hydrogen-bond acceptors (Lipinski definition) is 6. The fourth-order valence-corrected chi connectivity index (χ4v) is 3.30. The summed E-state index contributed by atoms with van der Waals surface area (Å²) in [7, 11) is 0. The van der Waals surface area contributed by atoms with Crippen LogP contribution in [0, 0.1) is 25.2 Å². The molecule has 3 aromatic rings. The minimum Gasteiger partial charge on any atom is -0.230 e. The van der Waals surface area contributed by atoms with Gasteiger partial charge in [0.25, 0.3) is 5.78 Å². The number of fused-ring (bicyclic) bond motifs is 1. The smallest absolute Gasteiger partial charge is 0.230 e. The molecule has 0 spiro atoms. The Morgan fingerprint density at radius 1 is 1.21 bits per heavy atom. The quantitative estimate of drug-likeness (QED) is 0.708. The molecule has 6 nitrogen and oxygen atoms in total. The summed E-state index contributed by atoms with van der Waals surface area (Å²) in [6, 6.07) is 7.37. The van der Waals surface area contributed by atoms with Crippen LogP contribution in [0.2, 0.25) is 0 Å². The van der Waals surface area contributed by atoms with Crippen LogP contribution in [-0.4, -0.2) is 24.6 Å². The molecule has 0 amide bonds. The van der Waals surface area contributed by atoms with Crippen molar-refractivity contribution in [2.75, 3.05) is 0 Å². The third-order valence-corrected chi connectivity index (χ3v) is 4.64. The number of aromatic nitrogens is 5. The Kier molecular flexibility index (Phi) is 4.76. The van der Waals surface area contributed by atoms with Gasteiger partial charge in [-0.05, 0) is 56.1 Å². The summed E-state index contributed by atoms with van der Waals surface area (Å²) in [5.74, 6) is 0.601. The van der Waals surface area contributed by atoms with E-state index in [0.717, 1.165) is 30.7 Å². The van der Waals surface area contributed by atoms with E-state index in [1.54, 1.807) is 16.6 Å². The molecule has 0 aliphatic carbocycles. The molecule has 122 valence electrons. The average Bonchev–Trinajstić information content (AvgIpc) is 2.97. The molecule has 0 unspecified atom stereocenters. The normalized spacial score (nSPS) is 10.9. The lowest BCUT2D eigenvalue weighted by molar-refractivity contribution is 0.753. The molecule has 0 aromatic carbocycles. The Bertz CT molecular complexity index is 925. The second-order valence-electron chi connectivity index (χ2n) is 5.55. The van der Waals surface area contributed by atoms with Crippen LogP contribution < -0.4 is 0 Å². The summed E-state index contributed by atoms with van der Waals surface area (Å²) in [5.41, 5.74) is 3.73. The van der Waals surface area contributed by atoms with Crippen molar-refractivity contribution in [2.24, 2.45) is 0 Å². The Balaban J connectivity index is 1.96. The van der Waals surface area contributed by atoms with E-state index in [4.69, 9.17) is 5.26 Å². The third kappa shape index (κ3) is 3.24. The first-order chi connectivity index (χ1) is 11.6. The van der Waals surface area contributed by atoms with E-state index in [1.165, 1.54) is 17.3 Å². The monoisotopic (exact) mass is 338 g/mol. The Morgan fingerprint density at radius 2 is 2.04 bits per heavy atom. The van der Waals surface area contributed by atoms with Crippen LogP contribution in [-0.2, 0) is 6.42 Å². The van der Waals surface area contributed by atoms with E-state index in [0.29, 0.717) is 21.7 Å². The van der Waals surface area contributed by atoms with Gasteiger partial charge in [0.1, 0.15) is 16.8 Å². The molecule has 0 saturated carbocycles. The number of unbranched alkanes of at least 4 members (excludes halogenated alkanes) is 1. The summed E-state index contributed by atoms with van der Waals surface area (Å²) >= 11 is 1.34. The zero-order valence-electron chi connectivity index (χ0n) is 13.9. The summed E-state index contributed by atoms with van der Waals surface area (Å²) in [6.07, 6.45) is 3.29. The van der Waals surface area contributed by atoms with Crippen molar-refractivity contribution in [3.63, 3.8) is 0 Å². The van der Waals surface area contributed by atoms with Gasteiger partial charge in [-0.25, -0.2) is 14.5 Å². The fraction of sp³-hybridized carbons (Fsp3) is 0.353. The largest absolute Gasteiger partial charge is 0.253 e. The predicted octanol–water partition coefficient (Wildman–Crippen LogP) is 3.50. The lowest BCUT2D eigenvalue weighted by Crippen LogP contribution is -2.05. The first-order valence-electron chi connectivity index (χ1n) is 7.90. The zero-order valence-corrected chi connectivity index (χ0v) is 14.8. The molecule has 0 radical (unpaired) electrons. The molecule has 0 aliphatic rings. The number of aryl methyl sites for hydroxylation is 2. The number of pyridine rings is 1. The molecule has 0 aliphatic heterocycles. The highest BCUT2D eigenvalue weighted by Crippen LogP contribution is 2.24. The second kappa shape index (κ2) is 6.97. The molecule has 3 rings (SSSR count). The number of nitriles is 1. The van der Waals surface area contributed by atoms with Crippen LogP contribution in [0.25, 0.3) is 5.78 Å². The molecule has 0 saturated heterocycles. The van der Waals surface area contributed by atoms with Gasteiger partial charge in [0.15, 0.2) is 0 Å². The number of hydrogen-bond donors (Lipinski definition) is 0. The molecule has 0 fully saturated rings. The van der Waals surface area contributed by atoms with Gasteiger partial charge >= 0.3 is 0 Å². The van der Waals surface area contributed by atoms with E-state index >= 15 is 0 Å². The summed E-state index contributed by atoms with van der Waals surface area (Å²) < 4.78 is 1.80.